The van der Waals surface area contributed by atoms with Gasteiger partial charge in [-0.1, -0.05) is 18.2 Å². The molecule has 0 aliphatic carbocycles. The van der Waals surface area contributed by atoms with Crippen LogP contribution in [0.4, 0.5) is 0 Å². The summed E-state index contributed by atoms with van der Waals surface area (Å²) in [5.41, 5.74) is 0.454. The van der Waals surface area contributed by atoms with Gasteiger partial charge < -0.3 is 10.2 Å². The molecule has 0 spiro atoms. The standard InChI is InChI=1S/C22H20N2O4S2/c1-24(2)17(18-7-5-11-29-18)13-23-22(26)14-9-10-16-20(12-14)30(27,28)19-8-4-3-6-15(19)21(16)25/h3-12,17H,13H2,1-2H3,(H,23,26). The summed E-state index contributed by atoms with van der Waals surface area (Å²) >= 11 is 1.61. The second-order valence-electron chi connectivity index (χ2n) is 7.24. The molecule has 4 rings (SSSR count). The van der Waals surface area contributed by atoms with Crippen LogP contribution in [0.3, 0.4) is 0 Å². The van der Waals surface area contributed by atoms with E-state index in [0.717, 1.165) is 4.88 Å². The number of hydrogen-bond acceptors (Lipinski definition) is 6. The van der Waals surface area contributed by atoms with E-state index in [-0.39, 0.29) is 44.2 Å². The van der Waals surface area contributed by atoms with Crippen LogP contribution in [-0.4, -0.2) is 45.6 Å². The highest BCUT2D eigenvalue weighted by Gasteiger charge is 2.35. The predicted molar refractivity (Wildman–Crippen MR) is 115 cm³/mol. The van der Waals surface area contributed by atoms with Crippen molar-refractivity contribution < 1.29 is 18.0 Å². The van der Waals surface area contributed by atoms with Gasteiger partial charge in [-0.3, -0.25) is 9.59 Å². The molecule has 0 bridgehead atoms. The number of ketones is 1. The molecule has 1 unspecified atom stereocenters. The molecule has 1 aromatic heterocycles. The SMILES string of the molecule is CN(C)C(CNC(=O)c1ccc2c(c1)S(=O)(=O)c1ccccc1C2=O)c1cccs1. The molecule has 8 heteroatoms. The van der Waals surface area contributed by atoms with Crippen LogP contribution in [-0.2, 0) is 9.84 Å². The Hall–Kier alpha value is -2.81. The molecule has 2 aromatic carbocycles. The number of likely N-dealkylation sites (N-methyl/N-ethyl adjacent to an activating group) is 1. The summed E-state index contributed by atoms with van der Waals surface area (Å²) in [5.74, 6) is -0.740. The molecule has 0 fully saturated rings. The van der Waals surface area contributed by atoms with E-state index in [1.807, 2.05) is 36.5 Å². The Morgan fingerprint density at radius 2 is 1.77 bits per heavy atom. The maximum atomic E-state index is 13.0. The van der Waals surface area contributed by atoms with Crippen LogP contribution < -0.4 is 5.32 Å². The van der Waals surface area contributed by atoms with E-state index in [9.17, 15) is 18.0 Å². The van der Waals surface area contributed by atoms with Gasteiger partial charge >= 0.3 is 0 Å². The summed E-state index contributed by atoms with van der Waals surface area (Å²) in [6, 6.07) is 14.3. The second kappa shape index (κ2) is 7.79. The normalized spacial score (nSPS) is 15.4. The molecule has 1 N–H and O–H groups in total. The van der Waals surface area contributed by atoms with Crippen LogP contribution >= 0.6 is 11.3 Å². The molecular weight excluding hydrogens is 420 g/mol. The Morgan fingerprint density at radius 3 is 2.47 bits per heavy atom. The van der Waals surface area contributed by atoms with Crippen LogP contribution in [0, 0.1) is 0 Å². The summed E-state index contributed by atoms with van der Waals surface area (Å²) in [4.78, 5) is 28.5. The second-order valence-corrected chi connectivity index (χ2v) is 10.1. The van der Waals surface area contributed by atoms with Crippen molar-refractivity contribution >= 4 is 32.9 Å². The monoisotopic (exact) mass is 440 g/mol. The molecular formula is C22H20N2O4S2. The topological polar surface area (TPSA) is 83.6 Å². The molecule has 6 nitrogen and oxygen atoms in total. The fraction of sp³-hybridized carbons (Fsp3) is 0.182. The Balaban J connectivity index is 1.62. The average Bonchev–Trinajstić information content (AvgIpc) is 3.26. The number of nitrogens with zero attached hydrogens (tertiary/aromatic N) is 1. The minimum absolute atomic E-state index is 0.00349. The van der Waals surface area contributed by atoms with E-state index in [1.54, 1.807) is 23.5 Å². The third-order valence-corrected chi connectivity index (χ3v) is 7.98. The Bertz CT molecular complexity index is 1230. The fourth-order valence-corrected chi connectivity index (χ4v) is 6.14. The number of thiophene rings is 1. The number of carbonyl (C=O) groups is 2. The van der Waals surface area contributed by atoms with Gasteiger partial charge in [0.1, 0.15) is 0 Å². The molecule has 1 aliphatic heterocycles. The van der Waals surface area contributed by atoms with Crippen LogP contribution in [0.1, 0.15) is 37.2 Å². The third-order valence-electron chi connectivity index (χ3n) is 5.15. The zero-order chi connectivity index (χ0) is 21.5. The van der Waals surface area contributed by atoms with Gasteiger partial charge in [0.15, 0.2) is 5.78 Å². The van der Waals surface area contributed by atoms with E-state index in [0.29, 0.717) is 6.54 Å². The van der Waals surface area contributed by atoms with Crippen molar-refractivity contribution in [1.82, 2.24) is 10.2 Å². The van der Waals surface area contributed by atoms with Gasteiger partial charge in [0.05, 0.1) is 15.8 Å². The number of sulfone groups is 1. The highest BCUT2D eigenvalue weighted by atomic mass is 32.2. The number of fused-ring (bicyclic) bond motifs is 2. The van der Waals surface area contributed by atoms with Gasteiger partial charge in [-0.2, -0.15) is 0 Å². The quantitative estimate of drug-likeness (QED) is 0.515. The van der Waals surface area contributed by atoms with Gasteiger partial charge in [-0.05, 0) is 55.9 Å². The van der Waals surface area contributed by atoms with Gasteiger partial charge in [0.2, 0.25) is 9.84 Å². The summed E-state index contributed by atoms with van der Waals surface area (Å²) in [5, 5.41) is 4.86. The molecule has 1 aliphatic rings. The molecule has 30 heavy (non-hydrogen) atoms. The minimum atomic E-state index is -3.88. The molecule has 1 atom stereocenters. The Kier molecular flexibility index (Phi) is 5.31. The average molecular weight is 441 g/mol. The summed E-state index contributed by atoms with van der Waals surface area (Å²) in [7, 11) is -0.00670. The highest BCUT2D eigenvalue weighted by molar-refractivity contribution is 7.91. The van der Waals surface area contributed by atoms with Crippen molar-refractivity contribution in [2.75, 3.05) is 20.6 Å². The van der Waals surface area contributed by atoms with Crippen molar-refractivity contribution in [2.24, 2.45) is 0 Å². The number of hydrogen-bond donors (Lipinski definition) is 1. The number of carbonyl (C=O) groups excluding carboxylic acids is 2. The molecule has 2 heterocycles. The summed E-state index contributed by atoms with van der Waals surface area (Å²) < 4.78 is 26.1. The lowest BCUT2D eigenvalue weighted by Crippen LogP contribution is -2.34. The first-order chi connectivity index (χ1) is 14.3. The van der Waals surface area contributed by atoms with Crippen LogP contribution in [0.15, 0.2) is 69.8 Å². The van der Waals surface area contributed by atoms with Crippen molar-refractivity contribution in [2.45, 2.75) is 15.8 Å². The molecule has 0 saturated heterocycles. The van der Waals surface area contributed by atoms with E-state index < -0.39 is 9.84 Å². The van der Waals surface area contributed by atoms with Gasteiger partial charge in [-0.25, -0.2) is 8.42 Å². The van der Waals surface area contributed by atoms with Crippen molar-refractivity contribution in [3.05, 3.63) is 81.5 Å². The van der Waals surface area contributed by atoms with Crippen LogP contribution in [0.25, 0.3) is 0 Å². The first kappa shape index (κ1) is 20.5. The number of rotatable bonds is 5. The van der Waals surface area contributed by atoms with Crippen molar-refractivity contribution in [3.8, 4) is 0 Å². The Morgan fingerprint density at radius 1 is 1.03 bits per heavy atom. The Labute approximate surface area is 179 Å². The van der Waals surface area contributed by atoms with E-state index in [4.69, 9.17) is 0 Å². The predicted octanol–water partition coefficient (Wildman–Crippen LogP) is 3.16. The molecule has 1 amide bonds. The van der Waals surface area contributed by atoms with E-state index >= 15 is 0 Å². The van der Waals surface area contributed by atoms with Gasteiger partial charge in [-0.15, -0.1) is 11.3 Å². The smallest absolute Gasteiger partial charge is 0.251 e. The van der Waals surface area contributed by atoms with Crippen LogP contribution in [0.5, 0.6) is 0 Å². The first-order valence-corrected chi connectivity index (χ1v) is 11.7. The largest absolute Gasteiger partial charge is 0.350 e. The van der Waals surface area contributed by atoms with Crippen LogP contribution in [0.2, 0.25) is 0 Å². The lowest BCUT2D eigenvalue weighted by Gasteiger charge is -2.24. The lowest BCUT2D eigenvalue weighted by molar-refractivity contribution is 0.0940. The molecule has 0 saturated carbocycles. The fourth-order valence-electron chi connectivity index (χ4n) is 3.54. The highest BCUT2D eigenvalue weighted by Crippen LogP contribution is 2.34. The van der Waals surface area contributed by atoms with Gasteiger partial charge in [0.25, 0.3) is 5.91 Å². The molecule has 0 radical (unpaired) electrons. The molecule has 154 valence electrons. The zero-order valence-corrected chi connectivity index (χ0v) is 18.1. The third kappa shape index (κ3) is 3.47. The van der Waals surface area contributed by atoms with E-state index in [1.165, 1.54) is 30.3 Å². The summed E-state index contributed by atoms with van der Waals surface area (Å²) in [6.07, 6.45) is 0. The maximum Gasteiger partial charge on any atom is 0.251 e. The van der Waals surface area contributed by atoms with E-state index in [2.05, 4.69) is 5.32 Å². The van der Waals surface area contributed by atoms with Gasteiger partial charge in [0, 0.05) is 28.1 Å². The number of nitrogens with one attached hydrogen (secondary N) is 1. The maximum absolute atomic E-state index is 13.0. The lowest BCUT2D eigenvalue weighted by atomic mass is 10.0. The zero-order valence-electron chi connectivity index (χ0n) is 16.5. The minimum Gasteiger partial charge on any atom is -0.350 e. The summed E-state index contributed by atoms with van der Waals surface area (Å²) in [6.45, 7) is 0.373. The molecule has 3 aromatic rings. The van der Waals surface area contributed by atoms with Crippen molar-refractivity contribution in [3.63, 3.8) is 0 Å². The van der Waals surface area contributed by atoms with Crippen molar-refractivity contribution in [1.29, 1.82) is 0 Å². The number of benzene rings is 2. The number of amides is 1. The first-order valence-electron chi connectivity index (χ1n) is 9.31.